The molecule has 2 heterocycles. The molecule has 7 heteroatoms. The molecule has 0 aliphatic carbocycles. The molecule has 2 aromatic rings. The van der Waals surface area contributed by atoms with Gasteiger partial charge < -0.3 is 19.5 Å². The highest BCUT2D eigenvalue weighted by Crippen LogP contribution is 2.40. The van der Waals surface area contributed by atoms with Gasteiger partial charge in [-0.15, -0.1) is 0 Å². The number of aliphatic hydroxyl groups excluding tert-OH is 1. The fourth-order valence-electron chi connectivity index (χ4n) is 4.57. The Morgan fingerprint density at radius 1 is 1.11 bits per heavy atom. The predicted molar refractivity (Wildman–Crippen MR) is 134 cm³/mol. The molecule has 2 fully saturated rings. The summed E-state index contributed by atoms with van der Waals surface area (Å²) in [6.45, 7) is 11.8. The lowest BCUT2D eigenvalue weighted by Crippen LogP contribution is -2.42. The van der Waals surface area contributed by atoms with Crippen LogP contribution in [0, 0.1) is 13.8 Å². The SMILES string of the molecule is C=CCOc1ccc(C(O)=C2C(=O)C(=O)N(CCN3CCOCC3)[C@H]2c2ccc(C)cc2)c(C)c1. The van der Waals surface area contributed by atoms with Crippen LogP contribution in [-0.2, 0) is 14.3 Å². The molecule has 2 aromatic carbocycles. The Balaban J connectivity index is 1.72. The summed E-state index contributed by atoms with van der Waals surface area (Å²) < 4.78 is 11.0. The van der Waals surface area contributed by atoms with Gasteiger partial charge in [0.2, 0.25) is 0 Å². The van der Waals surface area contributed by atoms with Crippen LogP contribution in [-0.4, -0.2) is 72.6 Å². The zero-order chi connectivity index (χ0) is 24.9. The van der Waals surface area contributed by atoms with E-state index in [1.165, 1.54) is 0 Å². The second-order valence-corrected chi connectivity index (χ2v) is 8.93. The molecule has 184 valence electrons. The van der Waals surface area contributed by atoms with E-state index >= 15 is 0 Å². The van der Waals surface area contributed by atoms with E-state index in [4.69, 9.17) is 9.47 Å². The lowest BCUT2D eigenvalue weighted by molar-refractivity contribution is -0.140. The van der Waals surface area contributed by atoms with Crippen LogP contribution in [0.1, 0.15) is 28.3 Å². The van der Waals surface area contributed by atoms with Gasteiger partial charge in [0.15, 0.2) is 0 Å². The molecule has 2 aliphatic rings. The van der Waals surface area contributed by atoms with E-state index in [1.54, 1.807) is 29.2 Å². The molecule has 0 bridgehead atoms. The fraction of sp³-hybridized carbons (Fsp3) is 0.357. The quantitative estimate of drug-likeness (QED) is 0.271. The number of likely N-dealkylation sites (tertiary alicyclic amines) is 1. The molecule has 0 unspecified atom stereocenters. The smallest absolute Gasteiger partial charge is 0.295 e. The number of ketones is 1. The lowest BCUT2D eigenvalue weighted by Gasteiger charge is -2.31. The topological polar surface area (TPSA) is 79.3 Å². The molecule has 2 saturated heterocycles. The Morgan fingerprint density at radius 3 is 2.49 bits per heavy atom. The molecule has 2 aliphatic heterocycles. The van der Waals surface area contributed by atoms with Crippen LogP contribution in [0.3, 0.4) is 0 Å². The predicted octanol–water partition coefficient (Wildman–Crippen LogP) is 3.62. The van der Waals surface area contributed by atoms with Crippen molar-refractivity contribution in [2.45, 2.75) is 19.9 Å². The minimum absolute atomic E-state index is 0.115. The lowest BCUT2D eigenvalue weighted by atomic mass is 9.93. The molecule has 1 amide bonds. The Bertz CT molecular complexity index is 1130. The molecule has 0 spiro atoms. The van der Waals surface area contributed by atoms with E-state index in [9.17, 15) is 14.7 Å². The number of morpholine rings is 1. The van der Waals surface area contributed by atoms with Crippen LogP contribution >= 0.6 is 0 Å². The molecule has 1 atom stereocenters. The highest BCUT2D eigenvalue weighted by Gasteiger charge is 2.46. The summed E-state index contributed by atoms with van der Waals surface area (Å²) in [5.74, 6) is -0.786. The number of carbonyl (C=O) groups is 2. The van der Waals surface area contributed by atoms with Gasteiger partial charge >= 0.3 is 0 Å². The third-order valence-corrected chi connectivity index (χ3v) is 6.51. The van der Waals surface area contributed by atoms with Crippen LogP contribution in [0.2, 0.25) is 0 Å². The zero-order valence-electron chi connectivity index (χ0n) is 20.3. The Morgan fingerprint density at radius 2 is 1.83 bits per heavy atom. The number of aliphatic hydroxyl groups is 1. The number of carbonyl (C=O) groups excluding carboxylic acids is 2. The van der Waals surface area contributed by atoms with Crippen molar-refractivity contribution in [2.24, 2.45) is 0 Å². The molecular weight excluding hydrogens is 444 g/mol. The van der Waals surface area contributed by atoms with E-state index < -0.39 is 17.7 Å². The Labute approximate surface area is 206 Å². The van der Waals surface area contributed by atoms with Gasteiger partial charge in [-0.3, -0.25) is 14.5 Å². The van der Waals surface area contributed by atoms with Crippen LogP contribution in [0.4, 0.5) is 0 Å². The second kappa shape index (κ2) is 10.9. The Kier molecular flexibility index (Phi) is 7.68. The first kappa shape index (κ1) is 24.7. The third kappa shape index (κ3) is 5.31. The van der Waals surface area contributed by atoms with Gasteiger partial charge in [0, 0.05) is 31.7 Å². The molecule has 0 radical (unpaired) electrons. The summed E-state index contributed by atoms with van der Waals surface area (Å²) in [5.41, 5.74) is 3.22. The zero-order valence-corrected chi connectivity index (χ0v) is 20.3. The van der Waals surface area contributed by atoms with Crippen molar-refractivity contribution in [3.8, 4) is 5.75 Å². The number of nitrogens with zero attached hydrogens (tertiary/aromatic N) is 2. The normalized spacial score (nSPS) is 20.3. The van der Waals surface area contributed by atoms with Gasteiger partial charge in [-0.2, -0.15) is 0 Å². The molecule has 0 aromatic heterocycles. The number of benzene rings is 2. The highest BCUT2D eigenvalue weighted by molar-refractivity contribution is 6.46. The van der Waals surface area contributed by atoms with Crippen molar-refractivity contribution < 1.29 is 24.2 Å². The summed E-state index contributed by atoms with van der Waals surface area (Å²) in [7, 11) is 0. The van der Waals surface area contributed by atoms with Crippen molar-refractivity contribution in [3.63, 3.8) is 0 Å². The first-order chi connectivity index (χ1) is 16.9. The first-order valence-corrected chi connectivity index (χ1v) is 11.9. The first-order valence-electron chi connectivity index (χ1n) is 11.9. The number of rotatable bonds is 8. The average Bonchev–Trinajstić information content (AvgIpc) is 3.12. The summed E-state index contributed by atoms with van der Waals surface area (Å²) >= 11 is 0. The van der Waals surface area contributed by atoms with E-state index in [1.807, 2.05) is 38.1 Å². The molecule has 1 N–H and O–H groups in total. The highest BCUT2D eigenvalue weighted by atomic mass is 16.5. The Hall–Kier alpha value is -3.42. The number of ether oxygens (including phenoxy) is 2. The van der Waals surface area contributed by atoms with Crippen LogP contribution < -0.4 is 4.74 Å². The van der Waals surface area contributed by atoms with Crippen molar-refractivity contribution in [2.75, 3.05) is 46.0 Å². The minimum atomic E-state index is -0.665. The van der Waals surface area contributed by atoms with E-state index in [0.717, 1.165) is 29.8 Å². The third-order valence-electron chi connectivity index (χ3n) is 6.51. The van der Waals surface area contributed by atoms with Crippen LogP contribution in [0.25, 0.3) is 5.76 Å². The van der Waals surface area contributed by atoms with Gasteiger partial charge in [0.1, 0.15) is 18.1 Å². The summed E-state index contributed by atoms with van der Waals surface area (Å²) in [5, 5.41) is 11.4. The molecule has 4 rings (SSSR count). The maximum Gasteiger partial charge on any atom is 0.295 e. The largest absolute Gasteiger partial charge is 0.507 e. The monoisotopic (exact) mass is 476 g/mol. The summed E-state index contributed by atoms with van der Waals surface area (Å²) in [6, 6.07) is 12.3. The summed E-state index contributed by atoms with van der Waals surface area (Å²) in [4.78, 5) is 30.3. The fourth-order valence-corrected chi connectivity index (χ4v) is 4.57. The van der Waals surface area contributed by atoms with Gasteiger partial charge in [0.25, 0.3) is 11.7 Å². The van der Waals surface area contributed by atoms with Crippen molar-refractivity contribution in [1.82, 2.24) is 9.80 Å². The van der Waals surface area contributed by atoms with Gasteiger partial charge in [-0.25, -0.2) is 0 Å². The molecular formula is C28H32N2O5. The van der Waals surface area contributed by atoms with Gasteiger partial charge in [0.05, 0.1) is 24.8 Å². The summed E-state index contributed by atoms with van der Waals surface area (Å²) in [6.07, 6.45) is 1.66. The minimum Gasteiger partial charge on any atom is -0.507 e. The molecule has 0 saturated carbocycles. The van der Waals surface area contributed by atoms with E-state index in [-0.39, 0.29) is 11.3 Å². The number of aryl methyl sites for hydroxylation is 2. The number of hydrogen-bond donors (Lipinski definition) is 1. The van der Waals surface area contributed by atoms with Crippen LogP contribution in [0.5, 0.6) is 5.75 Å². The average molecular weight is 477 g/mol. The standard InChI is InChI=1S/C28H32N2O5/c1-4-15-35-22-9-10-23(20(3)18-22)26(31)24-25(21-7-5-19(2)6-8-21)30(28(33)27(24)32)12-11-29-13-16-34-17-14-29/h4-10,18,25,31H,1,11-17H2,2-3H3/t25-/m0/s1. The van der Waals surface area contributed by atoms with E-state index in [2.05, 4.69) is 11.5 Å². The number of Topliss-reactive ketones (excluding diaryl/α,β-unsaturated/α-hetero) is 1. The van der Waals surface area contributed by atoms with Crippen molar-refractivity contribution in [3.05, 3.63) is 82.9 Å². The van der Waals surface area contributed by atoms with Gasteiger partial charge in [-0.05, 0) is 43.2 Å². The van der Waals surface area contributed by atoms with Gasteiger partial charge in [-0.1, -0.05) is 42.5 Å². The number of amides is 1. The second-order valence-electron chi connectivity index (χ2n) is 8.93. The molecule has 35 heavy (non-hydrogen) atoms. The molecule has 7 nitrogen and oxygen atoms in total. The maximum absolute atomic E-state index is 13.3. The van der Waals surface area contributed by atoms with Crippen molar-refractivity contribution >= 4 is 17.4 Å². The maximum atomic E-state index is 13.3. The van der Waals surface area contributed by atoms with Crippen LogP contribution in [0.15, 0.2) is 60.7 Å². The van der Waals surface area contributed by atoms with Crippen molar-refractivity contribution in [1.29, 1.82) is 0 Å². The number of hydrogen-bond acceptors (Lipinski definition) is 6. The van der Waals surface area contributed by atoms with E-state index in [0.29, 0.717) is 44.2 Å².